The lowest BCUT2D eigenvalue weighted by Crippen LogP contribution is -2.54. The third-order valence-corrected chi connectivity index (χ3v) is 7.65. The predicted molar refractivity (Wildman–Crippen MR) is 164 cm³/mol. The third-order valence-electron chi connectivity index (χ3n) is 6.38. The van der Waals surface area contributed by atoms with E-state index >= 15 is 0 Å². The number of aliphatic imine (C=N–C) groups is 2. The van der Waals surface area contributed by atoms with Crippen molar-refractivity contribution in [3.8, 4) is 0 Å². The summed E-state index contributed by atoms with van der Waals surface area (Å²) in [5, 5.41) is 6.83. The number of guanidine groups is 2. The van der Waals surface area contributed by atoms with E-state index in [0.717, 1.165) is 22.0 Å². The molecule has 0 aliphatic carbocycles. The van der Waals surface area contributed by atoms with Gasteiger partial charge in [-0.3, -0.25) is 19.3 Å². The molecule has 0 fully saturated rings. The average Bonchev–Trinajstić information content (AvgIpc) is 3.35. The van der Waals surface area contributed by atoms with E-state index in [4.69, 9.17) is 22.9 Å². The highest BCUT2D eigenvalue weighted by molar-refractivity contribution is 7.90. The van der Waals surface area contributed by atoms with Gasteiger partial charge in [-0.05, 0) is 49.1 Å². The molecule has 15 heteroatoms. The number of amides is 2. The van der Waals surface area contributed by atoms with Crippen molar-refractivity contribution in [2.75, 3.05) is 12.3 Å². The minimum absolute atomic E-state index is 0.0579. The van der Waals surface area contributed by atoms with Crippen LogP contribution >= 0.6 is 0 Å². The van der Waals surface area contributed by atoms with E-state index in [1.54, 1.807) is 18.3 Å². The number of aromatic nitrogens is 1. The molecule has 2 aromatic carbocycles. The summed E-state index contributed by atoms with van der Waals surface area (Å²) in [4.78, 5) is 37.8. The number of nitrogens with zero attached hydrogens (tertiary/aromatic N) is 2. The van der Waals surface area contributed by atoms with Crippen LogP contribution in [-0.4, -0.2) is 61.5 Å². The summed E-state index contributed by atoms with van der Waals surface area (Å²) in [7, 11) is -3.86. The normalized spacial score (nSPS) is 12.7. The number of nitrogens with one attached hydrogen (secondary N) is 4. The summed E-state index contributed by atoms with van der Waals surface area (Å²) in [6.45, 7) is 2.03. The summed E-state index contributed by atoms with van der Waals surface area (Å²) in [6, 6.07) is 12.7. The molecular formula is C27H38N10O4S. The molecule has 0 radical (unpaired) electrons. The molecule has 0 spiro atoms. The Kier molecular flexibility index (Phi) is 11.3. The Morgan fingerprint density at radius 3 is 2.33 bits per heavy atom. The number of carbonyl (C=O) groups excluding carboxylic acids is 2. The number of aromatic amines is 1. The van der Waals surface area contributed by atoms with Crippen LogP contribution in [0.2, 0.25) is 0 Å². The van der Waals surface area contributed by atoms with Gasteiger partial charge in [-0.1, -0.05) is 30.3 Å². The molecule has 1 heterocycles. The SMILES string of the molecule is CCS(=O)(=O)NC(=O)[C@H](Cc1c[nH]c2ccccc12)NC(=O)[C@H](CCCN=C(N)N)NCc1ccc(N=C(N)N)cc1. The van der Waals surface area contributed by atoms with Crippen molar-refractivity contribution in [2.45, 2.75) is 44.8 Å². The number of benzene rings is 2. The lowest BCUT2D eigenvalue weighted by atomic mass is 10.0. The van der Waals surface area contributed by atoms with Crippen molar-refractivity contribution in [3.05, 3.63) is 65.9 Å². The molecule has 0 aliphatic heterocycles. The number of carbonyl (C=O) groups is 2. The average molecular weight is 599 g/mol. The molecule has 14 nitrogen and oxygen atoms in total. The van der Waals surface area contributed by atoms with Crippen LogP contribution in [0.1, 0.15) is 30.9 Å². The Morgan fingerprint density at radius 1 is 0.952 bits per heavy atom. The van der Waals surface area contributed by atoms with Crippen molar-refractivity contribution in [1.29, 1.82) is 0 Å². The van der Waals surface area contributed by atoms with Crippen LogP contribution < -0.4 is 38.3 Å². The van der Waals surface area contributed by atoms with Crippen LogP contribution in [0.3, 0.4) is 0 Å². The van der Waals surface area contributed by atoms with Crippen molar-refractivity contribution in [2.24, 2.45) is 32.9 Å². The monoisotopic (exact) mass is 598 g/mol. The third kappa shape index (κ3) is 9.78. The van der Waals surface area contributed by atoms with E-state index in [2.05, 4.69) is 30.3 Å². The van der Waals surface area contributed by atoms with Crippen molar-refractivity contribution < 1.29 is 18.0 Å². The van der Waals surface area contributed by atoms with Crippen molar-refractivity contribution in [1.82, 2.24) is 20.3 Å². The molecule has 0 aliphatic rings. The van der Waals surface area contributed by atoms with Gasteiger partial charge in [-0.25, -0.2) is 13.4 Å². The van der Waals surface area contributed by atoms with Gasteiger partial charge in [0.2, 0.25) is 15.9 Å². The van der Waals surface area contributed by atoms with Gasteiger partial charge in [0, 0.05) is 36.6 Å². The first-order valence-electron chi connectivity index (χ1n) is 13.3. The zero-order valence-electron chi connectivity index (χ0n) is 23.3. The first-order chi connectivity index (χ1) is 20.0. The summed E-state index contributed by atoms with van der Waals surface area (Å²) >= 11 is 0. The Hall–Kier alpha value is -4.63. The molecule has 0 unspecified atom stereocenters. The molecule has 3 aromatic rings. The van der Waals surface area contributed by atoms with Gasteiger partial charge in [0.05, 0.1) is 17.5 Å². The second-order valence-corrected chi connectivity index (χ2v) is 11.6. The molecule has 226 valence electrons. The number of hydrogen-bond acceptors (Lipinski definition) is 7. The van der Waals surface area contributed by atoms with E-state index in [0.29, 0.717) is 31.6 Å². The van der Waals surface area contributed by atoms with Crippen LogP contribution in [0.5, 0.6) is 0 Å². The number of sulfonamides is 1. The lowest BCUT2D eigenvalue weighted by molar-refractivity contribution is -0.129. The highest BCUT2D eigenvalue weighted by Crippen LogP contribution is 2.19. The molecule has 0 bridgehead atoms. The molecule has 2 atom stereocenters. The van der Waals surface area contributed by atoms with E-state index in [1.807, 2.05) is 36.4 Å². The molecule has 1 aromatic heterocycles. The van der Waals surface area contributed by atoms with E-state index < -0.39 is 33.9 Å². The fourth-order valence-corrected chi connectivity index (χ4v) is 4.80. The highest BCUT2D eigenvalue weighted by Gasteiger charge is 2.28. The van der Waals surface area contributed by atoms with Crippen LogP contribution in [0.15, 0.2) is 64.7 Å². The molecule has 0 saturated carbocycles. The van der Waals surface area contributed by atoms with Gasteiger partial charge < -0.3 is 38.6 Å². The highest BCUT2D eigenvalue weighted by atomic mass is 32.2. The Morgan fingerprint density at radius 2 is 1.67 bits per heavy atom. The number of nitrogens with two attached hydrogens (primary N) is 4. The summed E-state index contributed by atoms with van der Waals surface area (Å²) in [5.74, 6) is -1.71. The summed E-state index contributed by atoms with van der Waals surface area (Å²) in [6.07, 6.45) is 2.61. The Balaban J connectivity index is 1.81. The van der Waals surface area contributed by atoms with Crippen LogP contribution in [-0.2, 0) is 32.6 Å². The second kappa shape index (κ2) is 14.8. The van der Waals surface area contributed by atoms with E-state index in [1.165, 1.54) is 6.92 Å². The Bertz CT molecular complexity index is 1530. The number of hydrogen-bond donors (Lipinski definition) is 8. The summed E-state index contributed by atoms with van der Waals surface area (Å²) in [5.41, 5.74) is 24.7. The maximum absolute atomic E-state index is 13.6. The Labute approximate surface area is 244 Å². The first-order valence-corrected chi connectivity index (χ1v) is 15.0. The zero-order chi connectivity index (χ0) is 30.7. The van der Waals surface area contributed by atoms with Gasteiger partial charge >= 0.3 is 0 Å². The van der Waals surface area contributed by atoms with Gasteiger partial charge in [0.25, 0.3) is 5.91 Å². The number of H-pyrrole nitrogens is 1. The van der Waals surface area contributed by atoms with Crippen molar-refractivity contribution in [3.63, 3.8) is 0 Å². The minimum Gasteiger partial charge on any atom is -0.370 e. The maximum atomic E-state index is 13.6. The fraction of sp³-hybridized carbons (Fsp3) is 0.333. The lowest BCUT2D eigenvalue weighted by Gasteiger charge is -2.23. The first kappa shape index (κ1) is 31.9. The molecule has 0 saturated heterocycles. The number of rotatable bonds is 15. The van der Waals surface area contributed by atoms with E-state index in [9.17, 15) is 18.0 Å². The van der Waals surface area contributed by atoms with Gasteiger partial charge in [-0.15, -0.1) is 0 Å². The zero-order valence-corrected chi connectivity index (χ0v) is 24.2. The molecular weight excluding hydrogens is 560 g/mol. The molecule has 42 heavy (non-hydrogen) atoms. The minimum atomic E-state index is -3.86. The molecule has 2 amide bonds. The smallest absolute Gasteiger partial charge is 0.256 e. The van der Waals surface area contributed by atoms with Crippen LogP contribution in [0.25, 0.3) is 10.9 Å². The number of fused-ring (bicyclic) bond motifs is 1. The maximum Gasteiger partial charge on any atom is 0.256 e. The fourth-order valence-electron chi connectivity index (χ4n) is 4.21. The molecule has 3 rings (SSSR count). The summed E-state index contributed by atoms with van der Waals surface area (Å²) < 4.78 is 26.5. The topological polar surface area (TPSA) is 249 Å². The quantitative estimate of drug-likeness (QED) is 0.0653. The van der Waals surface area contributed by atoms with Gasteiger partial charge in [0.15, 0.2) is 11.9 Å². The van der Waals surface area contributed by atoms with Crippen LogP contribution in [0.4, 0.5) is 5.69 Å². The second-order valence-electron chi connectivity index (χ2n) is 9.58. The largest absolute Gasteiger partial charge is 0.370 e. The molecule has 12 N–H and O–H groups in total. The number of para-hydroxylation sites is 1. The predicted octanol–water partition coefficient (Wildman–Crippen LogP) is -0.222. The van der Waals surface area contributed by atoms with Gasteiger partial charge in [-0.2, -0.15) is 0 Å². The van der Waals surface area contributed by atoms with Gasteiger partial charge in [0.1, 0.15) is 6.04 Å². The van der Waals surface area contributed by atoms with E-state index in [-0.39, 0.29) is 24.1 Å². The standard InChI is InChI=1S/C27H38N10O4S/c1-2-42(40,41)37-25(39)23(14-18-16-34-21-7-4-3-6-20(18)21)36-24(38)22(8-5-13-32-26(28)29)33-15-17-9-11-19(12-10-17)35-27(30)31/h3-4,6-7,9-12,16,22-23,33-34H,2,5,8,13-15H2,1H3,(H,36,38)(H,37,39)(H4,28,29,32)(H4,30,31,35)/t22-,23-/m0/s1. The van der Waals surface area contributed by atoms with Crippen LogP contribution in [0, 0.1) is 0 Å². The van der Waals surface area contributed by atoms with Crippen molar-refractivity contribution >= 4 is 50.3 Å².